The molecule has 0 radical (unpaired) electrons. The van der Waals surface area contributed by atoms with Gasteiger partial charge in [-0.2, -0.15) is 0 Å². The second-order valence-corrected chi connectivity index (χ2v) is 4.13. The van der Waals surface area contributed by atoms with E-state index in [9.17, 15) is 4.39 Å². The summed E-state index contributed by atoms with van der Waals surface area (Å²) in [6, 6.07) is 1.62. The summed E-state index contributed by atoms with van der Waals surface area (Å²) in [5.41, 5.74) is 5.99. The molecule has 0 amide bonds. The Morgan fingerprint density at radius 2 is 2.19 bits per heavy atom. The van der Waals surface area contributed by atoms with E-state index in [1.54, 1.807) is 6.07 Å². The van der Waals surface area contributed by atoms with Crippen molar-refractivity contribution in [2.24, 2.45) is 5.73 Å². The summed E-state index contributed by atoms with van der Waals surface area (Å²) >= 11 is 5.90. The van der Waals surface area contributed by atoms with Gasteiger partial charge in [-0.15, -0.1) is 0 Å². The molecule has 1 atom stereocenters. The average molecular weight is 246 g/mol. The summed E-state index contributed by atoms with van der Waals surface area (Å²) in [4.78, 5) is 0. The largest absolute Gasteiger partial charge is 0.486 e. The molecule has 3 nitrogen and oxygen atoms in total. The average Bonchev–Trinajstić information content (AvgIpc) is 2.33. The first-order chi connectivity index (χ1) is 7.65. The van der Waals surface area contributed by atoms with Crippen LogP contribution in [0.5, 0.6) is 11.5 Å². The molecule has 1 heterocycles. The molecule has 2 rings (SSSR count). The molecular weight excluding hydrogens is 233 g/mol. The third-order valence-electron chi connectivity index (χ3n) is 2.63. The Kier molecular flexibility index (Phi) is 3.21. The van der Waals surface area contributed by atoms with E-state index in [2.05, 4.69) is 0 Å². The molecule has 88 valence electrons. The maximum Gasteiger partial charge on any atom is 0.182 e. The molecule has 0 spiro atoms. The molecule has 0 saturated heterocycles. The van der Waals surface area contributed by atoms with Crippen molar-refractivity contribution in [3.8, 4) is 11.5 Å². The normalized spacial score (nSPS) is 16.0. The molecule has 5 heteroatoms. The first-order valence-corrected chi connectivity index (χ1v) is 5.50. The zero-order valence-electron chi connectivity index (χ0n) is 8.93. The van der Waals surface area contributed by atoms with Gasteiger partial charge in [0.05, 0.1) is 0 Å². The van der Waals surface area contributed by atoms with Crippen molar-refractivity contribution in [3.05, 3.63) is 22.5 Å². The zero-order valence-corrected chi connectivity index (χ0v) is 9.68. The van der Waals surface area contributed by atoms with Crippen LogP contribution in [0.2, 0.25) is 5.02 Å². The molecule has 0 aromatic heterocycles. The van der Waals surface area contributed by atoms with Crippen LogP contribution in [0.25, 0.3) is 0 Å². The van der Waals surface area contributed by atoms with E-state index in [1.165, 1.54) is 0 Å². The number of hydrogen-bond donors (Lipinski definition) is 1. The topological polar surface area (TPSA) is 44.5 Å². The third kappa shape index (κ3) is 1.83. The zero-order chi connectivity index (χ0) is 11.7. The standard InChI is InChI=1S/C11H13ClFNO2/c1-6(5-14)7-4-8-11(9(12)10(7)13)16-3-2-15-8/h4,6H,2-3,5,14H2,1H3. The van der Waals surface area contributed by atoms with Crippen LogP contribution < -0.4 is 15.2 Å². The van der Waals surface area contributed by atoms with Gasteiger partial charge >= 0.3 is 0 Å². The molecule has 2 N–H and O–H groups in total. The van der Waals surface area contributed by atoms with Crippen LogP contribution in [0, 0.1) is 5.82 Å². The summed E-state index contributed by atoms with van der Waals surface area (Å²) < 4.78 is 24.6. The van der Waals surface area contributed by atoms with Crippen molar-refractivity contribution in [1.29, 1.82) is 0 Å². The van der Waals surface area contributed by atoms with Gasteiger partial charge in [0, 0.05) is 0 Å². The number of halogens is 2. The van der Waals surface area contributed by atoms with Crippen LogP contribution in [-0.2, 0) is 0 Å². The van der Waals surface area contributed by atoms with E-state index in [-0.39, 0.29) is 10.9 Å². The van der Waals surface area contributed by atoms with Crippen LogP contribution in [0.1, 0.15) is 18.4 Å². The third-order valence-corrected chi connectivity index (χ3v) is 2.97. The lowest BCUT2D eigenvalue weighted by Gasteiger charge is -2.22. The van der Waals surface area contributed by atoms with Crippen molar-refractivity contribution >= 4 is 11.6 Å². The Morgan fingerprint density at radius 3 is 2.88 bits per heavy atom. The summed E-state index contributed by atoms with van der Waals surface area (Å²) in [6.07, 6.45) is 0. The predicted octanol–water partition coefficient (Wildman–Crippen LogP) is 2.31. The molecule has 1 aliphatic heterocycles. The molecule has 0 aliphatic carbocycles. The van der Waals surface area contributed by atoms with Gasteiger partial charge in [-0.3, -0.25) is 0 Å². The van der Waals surface area contributed by atoms with Gasteiger partial charge < -0.3 is 15.2 Å². The number of rotatable bonds is 2. The predicted molar refractivity (Wildman–Crippen MR) is 59.9 cm³/mol. The lowest BCUT2D eigenvalue weighted by molar-refractivity contribution is 0.170. The molecule has 1 aliphatic rings. The van der Waals surface area contributed by atoms with E-state index in [4.69, 9.17) is 26.8 Å². The van der Waals surface area contributed by atoms with Gasteiger partial charge in [0.2, 0.25) is 0 Å². The van der Waals surface area contributed by atoms with Gasteiger partial charge in [0.1, 0.15) is 24.1 Å². The SMILES string of the molecule is CC(CN)c1cc2c(c(Cl)c1F)OCCO2. The number of fused-ring (bicyclic) bond motifs is 1. The van der Waals surface area contributed by atoms with Crippen molar-refractivity contribution < 1.29 is 13.9 Å². The quantitative estimate of drug-likeness (QED) is 0.870. The van der Waals surface area contributed by atoms with E-state index in [0.29, 0.717) is 36.8 Å². The smallest absolute Gasteiger partial charge is 0.182 e. The Hall–Kier alpha value is -1.00. The van der Waals surface area contributed by atoms with Crippen molar-refractivity contribution in [1.82, 2.24) is 0 Å². The minimum absolute atomic E-state index is 0.0208. The lowest BCUT2D eigenvalue weighted by Crippen LogP contribution is -2.18. The number of ether oxygens (including phenoxy) is 2. The van der Waals surface area contributed by atoms with Crippen molar-refractivity contribution in [2.45, 2.75) is 12.8 Å². The summed E-state index contributed by atoms with van der Waals surface area (Å²) in [5, 5.41) is -0.0208. The fourth-order valence-corrected chi connectivity index (χ4v) is 1.88. The Balaban J connectivity index is 2.52. The highest BCUT2D eigenvalue weighted by molar-refractivity contribution is 6.32. The molecule has 1 unspecified atom stereocenters. The summed E-state index contributed by atoms with van der Waals surface area (Å²) in [5.74, 6) is 0.212. The van der Waals surface area contributed by atoms with E-state index in [1.807, 2.05) is 6.92 Å². The summed E-state index contributed by atoms with van der Waals surface area (Å²) in [6.45, 7) is 3.03. The second-order valence-electron chi connectivity index (χ2n) is 3.75. The highest BCUT2D eigenvalue weighted by Gasteiger charge is 2.23. The maximum atomic E-state index is 13.9. The van der Waals surface area contributed by atoms with Crippen LogP contribution in [-0.4, -0.2) is 19.8 Å². The highest BCUT2D eigenvalue weighted by Crippen LogP contribution is 2.42. The van der Waals surface area contributed by atoms with Crippen LogP contribution in [0.3, 0.4) is 0 Å². The van der Waals surface area contributed by atoms with Gasteiger partial charge in [0.25, 0.3) is 0 Å². The minimum Gasteiger partial charge on any atom is -0.486 e. The Labute approximate surface area is 98.3 Å². The molecule has 0 fully saturated rings. The minimum atomic E-state index is -0.469. The van der Waals surface area contributed by atoms with Crippen LogP contribution >= 0.6 is 11.6 Å². The first kappa shape index (κ1) is 11.5. The molecule has 16 heavy (non-hydrogen) atoms. The van der Waals surface area contributed by atoms with Crippen molar-refractivity contribution in [2.75, 3.05) is 19.8 Å². The van der Waals surface area contributed by atoms with Gasteiger partial charge in [0.15, 0.2) is 11.5 Å². The van der Waals surface area contributed by atoms with Crippen molar-refractivity contribution in [3.63, 3.8) is 0 Å². The van der Waals surface area contributed by atoms with Gasteiger partial charge in [-0.1, -0.05) is 18.5 Å². The monoisotopic (exact) mass is 245 g/mol. The van der Waals surface area contributed by atoms with Gasteiger partial charge in [-0.05, 0) is 24.1 Å². The van der Waals surface area contributed by atoms with E-state index >= 15 is 0 Å². The molecule has 0 saturated carbocycles. The van der Waals surface area contributed by atoms with Gasteiger partial charge in [-0.25, -0.2) is 4.39 Å². The van der Waals surface area contributed by atoms with E-state index < -0.39 is 5.82 Å². The highest BCUT2D eigenvalue weighted by atomic mass is 35.5. The van der Waals surface area contributed by atoms with Crippen LogP contribution in [0.4, 0.5) is 4.39 Å². The van der Waals surface area contributed by atoms with Crippen LogP contribution in [0.15, 0.2) is 6.07 Å². The Bertz CT molecular complexity index is 411. The molecular formula is C11H13ClFNO2. The lowest BCUT2D eigenvalue weighted by atomic mass is 10.00. The fourth-order valence-electron chi connectivity index (χ4n) is 1.63. The Morgan fingerprint density at radius 1 is 1.50 bits per heavy atom. The molecule has 1 aromatic carbocycles. The number of nitrogens with two attached hydrogens (primary N) is 1. The second kappa shape index (κ2) is 4.47. The molecule has 0 bridgehead atoms. The van der Waals surface area contributed by atoms with E-state index in [0.717, 1.165) is 0 Å². The summed E-state index contributed by atoms with van der Waals surface area (Å²) in [7, 11) is 0. The fraction of sp³-hybridized carbons (Fsp3) is 0.455. The number of hydrogen-bond acceptors (Lipinski definition) is 3. The maximum absolute atomic E-state index is 13.9. The molecule has 1 aromatic rings. The number of benzene rings is 1. The first-order valence-electron chi connectivity index (χ1n) is 5.12.